The number of amides is 1. The zero-order valence-electron chi connectivity index (χ0n) is 13.1. The molecule has 132 valence electrons. The number of hydrogen-bond acceptors (Lipinski definition) is 4. The van der Waals surface area contributed by atoms with E-state index in [0.29, 0.717) is 16.3 Å². The first-order valence-electron chi connectivity index (χ1n) is 7.12. The minimum absolute atomic E-state index is 0.161. The Morgan fingerprint density at radius 3 is 2.64 bits per heavy atom. The van der Waals surface area contributed by atoms with Crippen LogP contribution < -0.4 is 10.1 Å². The van der Waals surface area contributed by atoms with E-state index in [-0.39, 0.29) is 12.1 Å². The molecule has 0 saturated heterocycles. The molecule has 0 aliphatic carbocycles. The zero-order chi connectivity index (χ0) is 18.4. The van der Waals surface area contributed by atoms with Gasteiger partial charge < -0.3 is 14.8 Å². The van der Waals surface area contributed by atoms with E-state index in [9.17, 15) is 18.4 Å². The van der Waals surface area contributed by atoms with Crippen molar-refractivity contribution < 1.29 is 27.8 Å². The molecular weight excluding hydrogens is 356 g/mol. The number of esters is 1. The number of anilines is 1. The lowest BCUT2D eigenvalue weighted by Crippen LogP contribution is -2.22. The Hall–Kier alpha value is -2.67. The lowest BCUT2D eigenvalue weighted by Gasteiger charge is -2.10. The molecule has 2 aromatic rings. The Morgan fingerprint density at radius 1 is 1.16 bits per heavy atom. The van der Waals surface area contributed by atoms with Gasteiger partial charge in [0.15, 0.2) is 6.61 Å². The molecule has 1 N–H and O–H groups in total. The van der Waals surface area contributed by atoms with Gasteiger partial charge in [-0.2, -0.15) is 0 Å². The molecule has 0 heterocycles. The van der Waals surface area contributed by atoms with E-state index in [4.69, 9.17) is 21.1 Å². The van der Waals surface area contributed by atoms with Crippen LogP contribution in [-0.4, -0.2) is 25.6 Å². The highest BCUT2D eigenvalue weighted by Gasteiger charge is 2.14. The monoisotopic (exact) mass is 369 g/mol. The van der Waals surface area contributed by atoms with Crippen molar-refractivity contribution in [2.24, 2.45) is 0 Å². The van der Waals surface area contributed by atoms with Gasteiger partial charge in [0.05, 0.1) is 19.2 Å². The number of benzene rings is 2. The molecule has 0 aliphatic heterocycles. The van der Waals surface area contributed by atoms with Crippen molar-refractivity contribution in [3.8, 4) is 5.75 Å². The summed E-state index contributed by atoms with van der Waals surface area (Å²) < 4.78 is 36.4. The standard InChI is InChI=1S/C17H14ClF2NO4/c1-24-15-5-2-11(18)6-10(15)7-17(23)25-9-16(22)21-14-8-12(19)3-4-13(14)20/h2-6,8H,7,9H2,1H3,(H,21,22). The minimum Gasteiger partial charge on any atom is -0.496 e. The second kappa shape index (κ2) is 8.43. The second-order valence-electron chi connectivity index (χ2n) is 4.97. The molecule has 25 heavy (non-hydrogen) atoms. The Bertz CT molecular complexity index is 798. The third-order valence-electron chi connectivity index (χ3n) is 3.14. The van der Waals surface area contributed by atoms with Gasteiger partial charge in [0, 0.05) is 16.7 Å². The molecule has 0 radical (unpaired) electrons. The fourth-order valence-corrected chi connectivity index (χ4v) is 2.21. The van der Waals surface area contributed by atoms with Crippen molar-refractivity contribution in [1.29, 1.82) is 0 Å². The maximum atomic E-state index is 13.4. The first-order chi connectivity index (χ1) is 11.9. The largest absolute Gasteiger partial charge is 0.496 e. The van der Waals surface area contributed by atoms with Crippen LogP contribution in [0.15, 0.2) is 36.4 Å². The molecule has 0 saturated carbocycles. The first-order valence-corrected chi connectivity index (χ1v) is 7.50. The predicted molar refractivity (Wildman–Crippen MR) is 87.7 cm³/mol. The summed E-state index contributed by atoms with van der Waals surface area (Å²) in [6.45, 7) is -0.641. The van der Waals surface area contributed by atoms with E-state index in [0.717, 1.165) is 18.2 Å². The van der Waals surface area contributed by atoms with Crippen LogP contribution in [0.4, 0.5) is 14.5 Å². The third kappa shape index (κ3) is 5.42. The molecule has 8 heteroatoms. The van der Waals surface area contributed by atoms with Crippen LogP contribution in [0.3, 0.4) is 0 Å². The summed E-state index contributed by atoms with van der Waals surface area (Å²) in [4.78, 5) is 23.5. The Labute approximate surface area is 147 Å². The third-order valence-corrected chi connectivity index (χ3v) is 3.38. The Morgan fingerprint density at radius 2 is 1.92 bits per heavy atom. The van der Waals surface area contributed by atoms with Gasteiger partial charge in [0.1, 0.15) is 17.4 Å². The summed E-state index contributed by atoms with van der Waals surface area (Å²) in [7, 11) is 1.44. The summed E-state index contributed by atoms with van der Waals surface area (Å²) in [5.41, 5.74) is 0.161. The van der Waals surface area contributed by atoms with Gasteiger partial charge in [-0.25, -0.2) is 8.78 Å². The van der Waals surface area contributed by atoms with E-state index in [1.54, 1.807) is 18.2 Å². The second-order valence-corrected chi connectivity index (χ2v) is 5.40. The van der Waals surface area contributed by atoms with Crippen LogP contribution in [0.1, 0.15) is 5.56 Å². The molecule has 0 aliphatic rings. The number of carbonyl (C=O) groups is 2. The van der Waals surface area contributed by atoms with Gasteiger partial charge >= 0.3 is 5.97 Å². The Kier molecular flexibility index (Phi) is 6.30. The molecule has 0 atom stereocenters. The average molecular weight is 370 g/mol. The summed E-state index contributed by atoms with van der Waals surface area (Å²) >= 11 is 5.86. The summed E-state index contributed by atoms with van der Waals surface area (Å²) in [5, 5.41) is 2.54. The number of hydrogen-bond donors (Lipinski definition) is 1. The van der Waals surface area contributed by atoms with E-state index in [2.05, 4.69) is 5.32 Å². The zero-order valence-corrected chi connectivity index (χ0v) is 13.9. The molecule has 0 spiro atoms. The van der Waals surface area contributed by atoms with Crippen LogP contribution in [0.25, 0.3) is 0 Å². The molecule has 0 fully saturated rings. The van der Waals surface area contributed by atoms with Gasteiger partial charge in [-0.1, -0.05) is 11.6 Å². The van der Waals surface area contributed by atoms with Gasteiger partial charge in [-0.05, 0) is 30.3 Å². The van der Waals surface area contributed by atoms with Crippen molar-refractivity contribution in [1.82, 2.24) is 0 Å². The summed E-state index contributed by atoms with van der Waals surface area (Å²) in [6, 6.07) is 7.38. The number of rotatable bonds is 6. The summed E-state index contributed by atoms with van der Waals surface area (Å²) in [5.74, 6) is -2.55. The number of ether oxygens (including phenoxy) is 2. The van der Waals surface area contributed by atoms with Crippen LogP contribution in [0.2, 0.25) is 5.02 Å². The van der Waals surface area contributed by atoms with Crippen molar-refractivity contribution in [3.05, 3.63) is 58.6 Å². The van der Waals surface area contributed by atoms with Crippen LogP contribution in [-0.2, 0) is 20.7 Å². The highest BCUT2D eigenvalue weighted by atomic mass is 35.5. The van der Waals surface area contributed by atoms with E-state index < -0.39 is 30.1 Å². The van der Waals surface area contributed by atoms with Gasteiger partial charge in [-0.15, -0.1) is 0 Å². The van der Waals surface area contributed by atoms with Gasteiger partial charge in [0.2, 0.25) is 0 Å². The van der Waals surface area contributed by atoms with Crippen LogP contribution in [0, 0.1) is 11.6 Å². The fraction of sp³-hybridized carbons (Fsp3) is 0.176. The van der Waals surface area contributed by atoms with Gasteiger partial charge in [0.25, 0.3) is 5.91 Å². The number of methoxy groups -OCH3 is 1. The molecule has 1 amide bonds. The number of nitrogens with one attached hydrogen (secondary N) is 1. The molecule has 0 bridgehead atoms. The molecule has 0 unspecified atom stereocenters. The lowest BCUT2D eigenvalue weighted by atomic mass is 10.1. The highest BCUT2D eigenvalue weighted by Crippen LogP contribution is 2.23. The van der Waals surface area contributed by atoms with Crippen molar-refractivity contribution in [2.75, 3.05) is 19.0 Å². The maximum absolute atomic E-state index is 13.4. The van der Waals surface area contributed by atoms with E-state index in [1.165, 1.54) is 7.11 Å². The minimum atomic E-state index is -0.801. The fourth-order valence-electron chi connectivity index (χ4n) is 2.02. The first kappa shape index (κ1) is 18.7. The SMILES string of the molecule is COc1ccc(Cl)cc1CC(=O)OCC(=O)Nc1cc(F)ccc1F. The Balaban J connectivity index is 1.90. The maximum Gasteiger partial charge on any atom is 0.310 e. The van der Waals surface area contributed by atoms with Crippen LogP contribution >= 0.6 is 11.6 Å². The number of halogens is 3. The van der Waals surface area contributed by atoms with E-state index >= 15 is 0 Å². The van der Waals surface area contributed by atoms with Crippen molar-refractivity contribution in [3.63, 3.8) is 0 Å². The van der Waals surface area contributed by atoms with Crippen molar-refractivity contribution in [2.45, 2.75) is 6.42 Å². The molecular formula is C17H14ClF2NO4. The summed E-state index contributed by atoms with van der Waals surface area (Å²) in [6.07, 6.45) is -0.161. The molecule has 0 aromatic heterocycles. The highest BCUT2D eigenvalue weighted by molar-refractivity contribution is 6.30. The quantitative estimate of drug-likeness (QED) is 0.793. The topological polar surface area (TPSA) is 64.6 Å². The average Bonchev–Trinajstić information content (AvgIpc) is 2.56. The molecule has 2 rings (SSSR count). The van der Waals surface area contributed by atoms with Crippen molar-refractivity contribution >= 4 is 29.2 Å². The van der Waals surface area contributed by atoms with Crippen LogP contribution in [0.5, 0.6) is 5.75 Å². The van der Waals surface area contributed by atoms with E-state index in [1.807, 2.05) is 0 Å². The number of carbonyl (C=O) groups excluding carboxylic acids is 2. The smallest absolute Gasteiger partial charge is 0.310 e. The van der Waals surface area contributed by atoms with Gasteiger partial charge in [-0.3, -0.25) is 9.59 Å². The lowest BCUT2D eigenvalue weighted by molar-refractivity contribution is -0.146. The predicted octanol–water partition coefficient (Wildman–Crippen LogP) is 3.35. The molecule has 5 nitrogen and oxygen atoms in total. The normalized spacial score (nSPS) is 10.2. The molecule has 2 aromatic carbocycles.